The number of likely N-dealkylation sites (N-methyl/N-ethyl adjacent to an activating group) is 1. The molecule has 0 saturated heterocycles. The van der Waals surface area contributed by atoms with Crippen molar-refractivity contribution in [2.45, 2.75) is 71.0 Å². The zero-order valence-corrected chi connectivity index (χ0v) is 16.9. The molecule has 3 aliphatic rings. The predicted octanol–water partition coefficient (Wildman–Crippen LogP) is 3.03. The summed E-state index contributed by atoms with van der Waals surface area (Å²) in [5.74, 6) is 0.968. The van der Waals surface area contributed by atoms with Gasteiger partial charge >= 0.3 is 0 Å². The number of hydrogen-bond acceptors (Lipinski definition) is 4. The fraction of sp³-hybridized carbons (Fsp3) is 0.864. The summed E-state index contributed by atoms with van der Waals surface area (Å²) in [7, 11) is 4.12. The topological polar surface area (TPSA) is 60.8 Å². The lowest BCUT2D eigenvalue weighted by molar-refractivity contribution is -0.142. The number of ketones is 1. The lowest BCUT2D eigenvalue weighted by atomic mass is 9.52. The standard InChI is InChI=1S/C22H37NO3/c1-21(11-9-16(24)14-15(21)6-5-13-23(3)4)18-10-12-22(2)17(20(18)26)7-8-19(22)25/h5-6,15-18,20,24,26H,7-14H2,1-4H3/t15-,16-,17?,18?,20-,21-,22-/m0/s1. The molecule has 2 unspecified atom stereocenters. The Labute approximate surface area is 158 Å². The van der Waals surface area contributed by atoms with Crippen LogP contribution in [0, 0.1) is 28.6 Å². The van der Waals surface area contributed by atoms with Gasteiger partial charge in [0.1, 0.15) is 5.78 Å². The number of rotatable bonds is 4. The fourth-order valence-corrected chi connectivity index (χ4v) is 6.13. The molecule has 3 saturated carbocycles. The summed E-state index contributed by atoms with van der Waals surface area (Å²) in [4.78, 5) is 14.5. The van der Waals surface area contributed by atoms with Gasteiger partial charge in [0, 0.05) is 18.4 Å². The number of allylic oxidation sites excluding steroid dienone is 1. The third kappa shape index (κ3) is 3.41. The van der Waals surface area contributed by atoms with Crippen LogP contribution < -0.4 is 0 Å². The average Bonchev–Trinajstić information content (AvgIpc) is 2.87. The molecule has 148 valence electrons. The molecule has 0 aromatic heterocycles. The van der Waals surface area contributed by atoms with Crippen LogP contribution in [0.4, 0.5) is 0 Å². The smallest absolute Gasteiger partial charge is 0.139 e. The normalized spacial score (nSPS) is 46.9. The SMILES string of the molecule is CN(C)CC=C[C@H]1C[C@@H](O)CC[C@]1(C)C1CC[C@]2(C)C(=O)CCC2[C@@H]1O. The van der Waals surface area contributed by atoms with Crippen molar-refractivity contribution in [3.63, 3.8) is 0 Å². The van der Waals surface area contributed by atoms with Crippen molar-refractivity contribution in [2.24, 2.45) is 28.6 Å². The molecule has 0 spiro atoms. The highest BCUT2D eigenvalue weighted by Gasteiger charge is 2.58. The summed E-state index contributed by atoms with van der Waals surface area (Å²) >= 11 is 0. The Morgan fingerprint density at radius 2 is 1.85 bits per heavy atom. The van der Waals surface area contributed by atoms with Gasteiger partial charge in [0.05, 0.1) is 12.2 Å². The second-order valence-corrected chi connectivity index (χ2v) is 9.85. The number of aliphatic hydroxyl groups excluding tert-OH is 2. The van der Waals surface area contributed by atoms with E-state index in [1.807, 2.05) is 0 Å². The molecule has 2 N–H and O–H groups in total. The number of fused-ring (bicyclic) bond motifs is 1. The van der Waals surface area contributed by atoms with Gasteiger partial charge in [-0.25, -0.2) is 0 Å². The largest absolute Gasteiger partial charge is 0.393 e. The van der Waals surface area contributed by atoms with E-state index < -0.39 is 6.10 Å². The molecule has 0 aromatic carbocycles. The van der Waals surface area contributed by atoms with Crippen LogP contribution in [0.2, 0.25) is 0 Å². The van der Waals surface area contributed by atoms with Crippen molar-refractivity contribution in [3.8, 4) is 0 Å². The zero-order chi connectivity index (χ0) is 19.1. The van der Waals surface area contributed by atoms with Crippen molar-refractivity contribution < 1.29 is 15.0 Å². The van der Waals surface area contributed by atoms with Crippen LogP contribution in [0.5, 0.6) is 0 Å². The lowest BCUT2D eigenvalue weighted by Crippen LogP contribution is -2.53. The molecule has 0 radical (unpaired) electrons. The van der Waals surface area contributed by atoms with E-state index in [9.17, 15) is 15.0 Å². The number of carbonyl (C=O) groups is 1. The van der Waals surface area contributed by atoms with E-state index in [4.69, 9.17) is 0 Å². The fourth-order valence-electron chi connectivity index (χ4n) is 6.13. The minimum absolute atomic E-state index is 0.00553. The van der Waals surface area contributed by atoms with Crippen LogP contribution in [0.1, 0.15) is 58.8 Å². The summed E-state index contributed by atoms with van der Waals surface area (Å²) in [6, 6.07) is 0. The van der Waals surface area contributed by atoms with Gasteiger partial charge in [0.15, 0.2) is 0 Å². The molecular weight excluding hydrogens is 326 g/mol. The molecule has 3 aliphatic carbocycles. The maximum Gasteiger partial charge on any atom is 0.139 e. The Kier molecular flexibility index (Phi) is 5.68. The van der Waals surface area contributed by atoms with Gasteiger partial charge in [-0.2, -0.15) is 0 Å². The van der Waals surface area contributed by atoms with Gasteiger partial charge in [-0.05, 0) is 75.8 Å². The van der Waals surface area contributed by atoms with Gasteiger partial charge in [-0.15, -0.1) is 0 Å². The van der Waals surface area contributed by atoms with E-state index in [-0.39, 0.29) is 34.7 Å². The van der Waals surface area contributed by atoms with Crippen LogP contribution in [0.25, 0.3) is 0 Å². The first kappa shape index (κ1) is 20.0. The Morgan fingerprint density at radius 1 is 1.12 bits per heavy atom. The summed E-state index contributed by atoms with van der Waals surface area (Å²) in [6.07, 6.45) is 9.70. The van der Waals surface area contributed by atoms with Gasteiger partial charge in [0.2, 0.25) is 0 Å². The first-order valence-corrected chi connectivity index (χ1v) is 10.4. The van der Waals surface area contributed by atoms with Gasteiger partial charge in [-0.3, -0.25) is 4.79 Å². The van der Waals surface area contributed by atoms with Crippen LogP contribution >= 0.6 is 0 Å². The van der Waals surface area contributed by atoms with Crippen molar-refractivity contribution in [1.82, 2.24) is 4.90 Å². The van der Waals surface area contributed by atoms with Crippen molar-refractivity contribution in [2.75, 3.05) is 20.6 Å². The number of Topliss-reactive ketones (excluding diaryl/α,β-unsaturated/α-hetero) is 1. The summed E-state index contributed by atoms with van der Waals surface area (Å²) < 4.78 is 0. The Morgan fingerprint density at radius 3 is 2.54 bits per heavy atom. The van der Waals surface area contributed by atoms with E-state index in [0.29, 0.717) is 12.2 Å². The number of nitrogens with zero attached hydrogens (tertiary/aromatic N) is 1. The zero-order valence-electron chi connectivity index (χ0n) is 16.9. The monoisotopic (exact) mass is 363 g/mol. The highest BCUT2D eigenvalue weighted by molar-refractivity contribution is 5.87. The first-order valence-electron chi connectivity index (χ1n) is 10.4. The minimum Gasteiger partial charge on any atom is -0.393 e. The molecule has 7 atom stereocenters. The molecule has 3 fully saturated rings. The van der Waals surface area contributed by atoms with Gasteiger partial charge in [0.25, 0.3) is 0 Å². The maximum atomic E-state index is 12.4. The average molecular weight is 364 g/mol. The van der Waals surface area contributed by atoms with Gasteiger partial charge < -0.3 is 15.1 Å². The third-order valence-corrected chi connectivity index (χ3v) is 8.01. The summed E-state index contributed by atoms with van der Waals surface area (Å²) in [6.45, 7) is 5.29. The minimum atomic E-state index is -0.398. The second kappa shape index (κ2) is 7.37. The molecular formula is C22H37NO3. The number of carbonyl (C=O) groups excluding carboxylic acids is 1. The van der Waals surface area contributed by atoms with E-state index in [0.717, 1.165) is 45.1 Å². The quantitative estimate of drug-likeness (QED) is 0.754. The molecule has 4 heteroatoms. The second-order valence-electron chi connectivity index (χ2n) is 9.85. The molecule has 0 aromatic rings. The van der Waals surface area contributed by atoms with Crippen LogP contribution in [0.3, 0.4) is 0 Å². The Balaban J connectivity index is 1.82. The molecule has 26 heavy (non-hydrogen) atoms. The molecule has 0 bridgehead atoms. The van der Waals surface area contributed by atoms with Crippen molar-refractivity contribution >= 4 is 5.78 Å². The van der Waals surface area contributed by atoms with Crippen molar-refractivity contribution in [3.05, 3.63) is 12.2 Å². The van der Waals surface area contributed by atoms with Crippen LogP contribution in [0.15, 0.2) is 12.2 Å². The maximum absolute atomic E-state index is 12.4. The van der Waals surface area contributed by atoms with E-state index in [1.54, 1.807) is 0 Å². The van der Waals surface area contributed by atoms with Gasteiger partial charge in [-0.1, -0.05) is 26.0 Å². The van der Waals surface area contributed by atoms with E-state index >= 15 is 0 Å². The number of aliphatic hydroxyl groups is 2. The molecule has 0 amide bonds. The summed E-state index contributed by atoms with van der Waals surface area (Å²) in [5.41, 5.74) is -0.314. The highest BCUT2D eigenvalue weighted by atomic mass is 16.3. The predicted molar refractivity (Wildman–Crippen MR) is 104 cm³/mol. The lowest BCUT2D eigenvalue weighted by Gasteiger charge is -2.54. The van der Waals surface area contributed by atoms with Crippen LogP contribution in [-0.4, -0.2) is 53.7 Å². The molecule has 0 aliphatic heterocycles. The molecule has 0 heterocycles. The third-order valence-electron chi connectivity index (χ3n) is 8.01. The van der Waals surface area contributed by atoms with E-state index in [2.05, 4.69) is 45.0 Å². The van der Waals surface area contributed by atoms with Crippen molar-refractivity contribution in [1.29, 1.82) is 0 Å². The Bertz CT molecular complexity index is 560. The van der Waals surface area contributed by atoms with E-state index in [1.165, 1.54) is 0 Å². The molecule has 4 nitrogen and oxygen atoms in total. The van der Waals surface area contributed by atoms with Crippen LogP contribution in [-0.2, 0) is 4.79 Å². The highest BCUT2D eigenvalue weighted by Crippen LogP contribution is 2.59. The summed E-state index contributed by atoms with van der Waals surface area (Å²) in [5, 5.41) is 21.5. The molecule has 3 rings (SSSR count). The Hall–Kier alpha value is -0.710. The first-order chi connectivity index (χ1) is 12.2. The number of hydrogen-bond donors (Lipinski definition) is 2.